The van der Waals surface area contributed by atoms with E-state index in [4.69, 9.17) is 4.74 Å². The first-order valence-corrected chi connectivity index (χ1v) is 8.50. The summed E-state index contributed by atoms with van der Waals surface area (Å²) in [5, 5.41) is 6.48. The number of ether oxygens (including phenoxy) is 1. The van der Waals surface area contributed by atoms with Gasteiger partial charge in [-0.05, 0) is 46.6 Å². The zero-order valence-electron chi connectivity index (χ0n) is 15.4. The maximum atomic E-state index is 11.8. The largest absolute Gasteiger partial charge is 0.444 e. The molecule has 4 heteroatoms. The number of alkyl carbamates (subject to hydrolysis) is 1. The molecule has 0 heterocycles. The first-order chi connectivity index (χ1) is 10.7. The zero-order chi connectivity index (χ0) is 17.5. The summed E-state index contributed by atoms with van der Waals surface area (Å²) in [6.45, 7) is 12.6. The smallest absolute Gasteiger partial charge is 0.407 e. The van der Waals surface area contributed by atoms with Crippen molar-refractivity contribution in [1.82, 2.24) is 10.6 Å². The van der Waals surface area contributed by atoms with Crippen molar-refractivity contribution in [2.75, 3.05) is 6.54 Å². The van der Waals surface area contributed by atoms with Gasteiger partial charge in [0.25, 0.3) is 0 Å². The van der Waals surface area contributed by atoms with E-state index in [-0.39, 0.29) is 18.2 Å². The van der Waals surface area contributed by atoms with E-state index in [0.29, 0.717) is 6.54 Å². The summed E-state index contributed by atoms with van der Waals surface area (Å²) >= 11 is 0. The molecule has 2 N–H and O–H groups in total. The van der Waals surface area contributed by atoms with Crippen LogP contribution in [0.15, 0.2) is 24.3 Å². The maximum absolute atomic E-state index is 11.8. The minimum atomic E-state index is -0.466. The van der Waals surface area contributed by atoms with Crippen molar-refractivity contribution in [3.8, 4) is 0 Å². The normalized spacial score (nSPS) is 14.2. The van der Waals surface area contributed by atoms with Gasteiger partial charge in [0.15, 0.2) is 0 Å². The molecular formula is C19H32N2O2. The Morgan fingerprint density at radius 1 is 1.30 bits per heavy atom. The Kier molecular flexibility index (Phi) is 7.56. The van der Waals surface area contributed by atoms with Crippen LogP contribution < -0.4 is 10.6 Å². The van der Waals surface area contributed by atoms with Crippen LogP contribution >= 0.6 is 0 Å². The van der Waals surface area contributed by atoms with Crippen molar-refractivity contribution in [3.63, 3.8) is 0 Å². The van der Waals surface area contributed by atoms with Gasteiger partial charge in [-0.15, -0.1) is 0 Å². The first kappa shape index (κ1) is 19.5. The van der Waals surface area contributed by atoms with E-state index in [1.54, 1.807) is 0 Å². The Hall–Kier alpha value is -1.55. The highest BCUT2D eigenvalue weighted by Crippen LogP contribution is 2.15. The minimum Gasteiger partial charge on any atom is -0.444 e. The number of rotatable bonds is 7. The van der Waals surface area contributed by atoms with E-state index in [1.807, 2.05) is 20.8 Å². The highest BCUT2D eigenvalue weighted by Gasteiger charge is 2.18. The number of carbonyl (C=O) groups excluding carboxylic acids is 1. The third kappa shape index (κ3) is 8.03. The Bertz CT molecular complexity index is 494. The van der Waals surface area contributed by atoms with Crippen LogP contribution in [0.4, 0.5) is 4.79 Å². The van der Waals surface area contributed by atoms with Crippen LogP contribution in [0.25, 0.3) is 0 Å². The molecule has 2 unspecified atom stereocenters. The van der Waals surface area contributed by atoms with E-state index in [2.05, 4.69) is 55.7 Å². The van der Waals surface area contributed by atoms with E-state index >= 15 is 0 Å². The van der Waals surface area contributed by atoms with Gasteiger partial charge in [-0.25, -0.2) is 4.79 Å². The quantitative estimate of drug-likeness (QED) is 0.786. The van der Waals surface area contributed by atoms with E-state index in [0.717, 1.165) is 12.8 Å². The van der Waals surface area contributed by atoms with Crippen molar-refractivity contribution in [3.05, 3.63) is 35.4 Å². The maximum Gasteiger partial charge on any atom is 0.407 e. The van der Waals surface area contributed by atoms with Crippen LogP contribution in [0.1, 0.15) is 64.6 Å². The fraction of sp³-hybridized carbons (Fsp3) is 0.632. The van der Waals surface area contributed by atoms with Crippen LogP contribution in [0.3, 0.4) is 0 Å². The molecule has 0 aliphatic heterocycles. The summed E-state index contributed by atoms with van der Waals surface area (Å²) in [6, 6.07) is 8.98. The molecule has 0 saturated carbocycles. The lowest BCUT2D eigenvalue weighted by atomic mass is 10.0. The van der Waals surface area contributed by atoms with Crippen molar-refractivity contribution in [2.45, 2.75) is 72.1 Å². The molecule has 0 spiro atoms. The molecule has 0 bridgehead atoms. The number of benzene rings is 1. The lowest BCUT2D eigenvalue weighted by Crippen LogP contribution is -2.43. The number of hydrogen-bond acceptors (Lipinski definition) is 3. The highest BCUT2D eigenvalue weighted by molar-refractivity contribution is 5.67. The van der Waals surface area contributed by atoms with Crippen molar-refractivity contribution < 1.29 is 9.53 Å². The topological polar surface area (TPSA) is 50.4 Å². The van der Waals surface area contributed by atoms with Gasteiger partial charge < -0.3 is 15.4 Å². The summed E-state index contributed by atoms with van der Waals surface area (Å²) in [5.74, 6) is 0. The summed E-state index contributed by atoms with van der Waals surface area (Å²) < 4.78 is 5.29. The molecule has 0 fully saturated rings. The van der Waals surface area contributed by atoms with Crippen LogP contribution in [-0.4, -0.2) is 24.3 Å². The fourth-order valence-electron chi connectivity index (χ4n) is 2.50. The van der Waals surface area contributed by atoms with Crippen molar-refractivity contribution >= 4 is 6.09 Å². The van der Waals surface area contributed by atoms with Gasteiger partial charge in [-0.1, -0.05) is 43.2 Å². The molecular weight excluding hydrogens is 288 g/mol. The van der Waals surface area contributed by atoms with Gasteiger partial charge in [0.05, 0.1) is 0 Å². The van der Waals surface area contributed by atoms with Gasteiger partial charge in [-0.2, -0.15) is 0 Å². The Morgan fingerprint density at radius 3 is 2.57 bits per heavy atom. The molecule has 0 aromatic heterocycles. The van der Waals surface area contributed by atoms with Crippen molar-refractivity contribution in [1.29, 1.82) is 0 Å². The lowest BCUT2D eigenvalue weighted by Gasteiger charge is -2.25. The Balaban J connectivity index is 2.56. The molecule has 0 aliphatic carbocycles. The van der Waals surface area contributed by atoms with Gasteiger partial charge in [0, 0.05) is 18.6 Å². The Morgan fingerprint density at radius 2 is 2.00 bits per heavy atom. The van der Waals surface area contributed by atoms with Gasteiger partial charge in [0.2, 0.25) is 0 Å². The van der Waals surface area contributed by atoms with Gasteiger partial charge in [-0.3, -0.25) is 0 Å². The molecule has 23 heavy (non-hydrogen) atoms. The predicted molar refractivity (Wildman–Crippen MR) is 95.7 cm³/mol. The first-order valence-electron chi connectivity index (χ1n) is 8.50. The average molecular weight is 320 g/mol. The van der Waals surface area contributed by atoms with Gasteiger partial charge in [0.1, 0.15) is 5.60 Å². The number of carbonyl (C=O) groups is 1. The molecule has 130 valence electrons. The molecule has 1 rings (SSSR count). The second kappa shape index (κ2) is 8.92. The summed E-state index contributed by atoms with van der Waals surface area (Å²) in [5.41, 5.74) is 2.06. The minimum absolute atomic E-state index is 0.225. The van der Waals surface area contributed by atoms with Crippen LogP contribution in [0.2, 0.25) is 0 Å². The van der Waals surface area contributed by atoms with E-state index < -0.39 is 5.60 Å². The van der Waals surface area contributed by atoms with E-state index in [1.165, 1.54) is 11.1 Å². The highest BCUT2D eigenvalue weighted by atomic mass is 16.6. The van der Waals surface area contributed by atoms with Crippen LogP contribution in [-0.2, 0) is 4.74 Å². The summed E-state index contributed by atoms with van der Waals surface area (Å²) in [4.78, 5) is 11.8. The monoisotopic (exact) mass is 320 g/mol. The summed E-state index contributed by atoms with van der Waals surface area (Å²) in [6.07, 6.45) is 1.71. The number of amides is 1. The average Bonchev–Trinajstić information content (AvgIpc) is 2.43. The Labute approximate surface area is 141 Å². The molecule has 0 aliphatic rings. The zero-order valence-corrected chi connectivity index (χ0v) is 15.4. The molecule has 1 amide bonds. The standard InChI is InChI=1S/C19H32N2O2/c1-7-9-17(13-20-18(22)23-19(4,5)6)21-15(3)16-11-8-10-14(2)12-16/h8,10-12,15,17,21H,7,9,13H2,1-6H3,(H,20,22). The third-order valence-electron chi connectivity index (χ3n) is 3.56. The second-order valence-corrected chi connectivity index (χ2v) is 7.17. The van der Waals surface area contributed by atoms with Crippen LogP contribution in [0.5, 0.6) is 0 Å². The predicted octanol–water partition coefficient (Wildman–Crippen LogP) is 4.34. The molecule has 1 aromatic rings. The number of nitrogens with one attached hydrogen (secondary N) is 2. The van der Waals surface area contributed by atoms with Crippen LogP contribution in [0, 0.1) is 6.92 Å². The molecule has 0 saturated heterocycles. The number of aryl methyl sites for hydroxylation is 1. The fourth-order valence-corrected chi connectivity index (χ4v) is 2.50. The third-order valence-corrected chi connectivity index (χ3v) is 3.56. The van der Waals surface area contributed by atoms with Crippen molar-refractivity contribution in [2.24, 2.45) is 0 Å². The molecule has 0 radical (unpaired) electrons. The van der Waals surface area contributed by atoms with Gasteiger partial charge >= 0.3 is 6.09 Å². The lowest BCUT2D eigenvalue weighted by molar-refractivity contribution is 0.0521. The molecule has 2 atom stereocenters. The molecule has 1 aromatic carbocycles. The SMILES string of the molecule is CCCC(CNC(=O)OC(C)(C)C)NC(C)c1cccc(C)c1. The molecule has 4 nitrogen and oxygen atoms in total. The number of hydrogen-bond donors (Lipinski definition) is 2. The van der Waals surface area contributed by atoms with E-state index in [9.17, 15) is 4.79 Å². The second-order valence-electron chi connectivity index (χ2n) is 7.17. The summed E-state index contributed by atoms with van der Waals surface area (Å²) in [7, 11) is 0.